The number of hydrogen-bond donors (Lipinski definition) is 2. The summed E-state index contributed by atoms with van der Waals surface area (Å²) in [5.41, 5.74) is -0.844. The summed E-state index contributed by atoms with van der Waals surface area (Å²) < 4.78 is 5.56. The molecule has 0 aromatic carbocycles. The van der Waals surface area contributed by atoms with Crippen molar-refractivity contribution in [2.24, 2.45) is 11.8 Å². The molecule has 0 saturated heterocycles. The summed E-state index contributed by atoms with van der Waals surface area (Å²) in [7, 11) is 1.72. The van der Waals surface area contributed by atoms with Gasteiger partial charge < -0.3 is 15.2 Å². The number of likely N-dealkylation sites (N-methyl/N-ethyl adjacent to an activating group) is 1. The number of carbonyl (C=O) groups is 1. The zero-order chi connectivity index (χ0) is 11.6. The van der Waals surface area contributed by atoms with Gasteiger partial charge in [0.15, 0.2) is 0 Å². The number of carboxylic acids is 1. The minimum absolute atomic E-state index is 0.246. The van der Waals surface area contributed by atoms with Gasteiger partial charge in [-0.15, -0.1) is 0 Å². The van der Waals surface area contributed by atoms with E-state index >= 15 is 0 Å². The lowest BCUT2D eigenvalue weighted by atomic mass is 9.94. The van der Waals surface area contributed by atoms with E-state index in [0.29, 0.717) is 13.2 Å². The Morgan fingerprint density at radius 1 is 1.44 bits per heavy atom. The number of hydrogen-bond acceptors (Lipinski definition) is 3. The molecular formula is C12H21NO3. The average molecular weight is 227 g/mol. The highest BCUT2D eigenvalue weighted by atomic mass is 16.5. The molecule has 0 spiro atoms. The fourth-order valence-corrected chi connectivity index (χ4v) is 2.20. The standard InChI is InChI=1S/C12H21NO3/c1-13-12(11(14)15,10-4-5-10)8-16-7-6-9-2-3-9/h9-10,13H,2-8H2,1H3,(H,14,15). The molecule has 0 radical (unpaired) electrons. The number of carboxylic acid groups (broad SMARTS) is 1. The second-order valence-corrected chi connectivity index (χ2v) is 5.09. The summed E-state index contributed by atoms with van der Waals surface area (Å²) in [6, 6.07) is 0. The highest BCUT2D eigenvalue weighted by Gasteiger charge is 2.50. The lowest BCUT2D eigenvalue weighted by Gasteiger charge is -2.28. The third kappa shape index (κ3) is 2.55. The summed E-state index contributed by atoms with van der Waals surface area (Å²) in [6.07, 6.45) is 5.73. The van der Waals surface area contributed by atoms with E-state index in [0.717, 1.165) is 25.2 Å². The average Bonchev–Trinajstić information content (AvgIpc) is 3.12. The van der Waals surface area contributed by atoms with E-state index < -0.39 is 11.5 Å². The molecule has 2 aliphatic carbocycles. The second kappa shape index (κ2) is 4.72. The molecule has 0 bridgehead atoms. The lowest BCUT2D eigenvalue weighted by Crippen LogP contribution is -2.56. The predicted octanol–water partition coefficient (Wildman–Crippen LogP) is 1.26. The Balaban J connectivity index is 1.78. The SMILES string of the molecule is CNC(COCCC1CC1)(C(=O)O)C1CC1. The molecule has 0 heterocycles. The smallest absolute Gasteiger partial charge is 0.326 e. The molecular weight excluding hydrogens is 206 g/mol. The maximum absolute atomic E-state index is 11.3. The Hall–Kier alpha value is -0.610. The van der Waals surface area contributed by atoms with E-state index in [9.17, 15) is 9.90 Å². The van der Waals surface area contributed by atoms with Crippen LogP contribution in [0.5, 0.6) is 0 Å². The normalized spacial score (nSPS) is 24.1. The van der Waals surface area contributed by atoms with Crippen molar-refractivity contribution < 1.29 is 14.6 Å². The molecule has 16 heavy (non-hydrogen) atoms. The zero-order valence-electron chi connectivity index (χ0n) is 9.87. The van der Waals surface area contributed by atoms with Gasteiger partial charge in [-0.25, -0.2) is 0 Å². The minimum Gasteiger partial charge on any atom is -0.480 e. The first-order valence-corrected chi connectivity index (χ1v) is 6.19. The van der Waals surface area contributed by atoms with Crippen LogP contribution in [0.25, 0.3) is 0 Å². The van der Waals surface area contributed by atoms with Gasteiger partial charge in [0, 0.05) is 6.61 Å². The Morgan fingerprint density at radius 3 is 2.56 bits per heavy atom. The molecule has 1 atom stereocenters. The molecule has 0 aromatic heterocycles. The molecule has 2 saturated carbocycles. The monoisotopic (exact) mass is 227 g/mol. The van der Waals surface area contributed by atoms with E-state index in [1.165, 1.54) is 12.8 Å². The molecule has 1 unspecified atom stereocenters. The first-order valence-electron chi connectivity index (χ1n) is 6.19. The molecule has 4 nitrogen and oxygen atoms in total. The predicted molar refractivity (Wildman–Crippen MR) is 60.3 cm³/mol. The van der Waals surface area contributed by atoms with E-state index in [1.54, 1.807) is 7.05 Å². The van der Waals surface area contributed by atoms with Crippen LogP contribution in [-0.2, 0) is 9.53 Å². The van der Waals surface area contributed by atoms with Crippen LogP contribution in [-0.4, -0.2) is 36.9 Å². The van der Waals surface area contributed by atoms with Crippen LogP contribution in [0.3, 0.4) is 0 Å². The van der Waals surface area contributed by atoms with Crippen molar-refractivity contribution in [3.8, 4) is 0 Å². The Morgan fingerprint density at radius 2 is 2.12 bits per heavy atom. The third-order valence-corrected chi connectivity index (χ3v) is 3.80. The van der Waals surface area contributed by atoms with Crippen molar-refractivity contribution in [1.82, 2.24) is 5.32 Å². The number of ether oxygens (including phenoxy) is 1. The molecule has 2 rings (SSSR count). The summed E-state index contributed by atoms with van der Waals surface area (Å²) in [4.78, 5) is 11.3. The van der Waals surface area contributed by atoms with Crippen molar-refractivity contribution in [3.63, 3.8) is 0 Å². The topological polar surface area (TPSA) is 58.6 Å². The lowest BCUT2D eigenvalue weighted by molar-refractivity contribution is -0.149. The number of nitrogens with one attached hydrogen (secondary N) is 1. The van der Waals surface area contributed by atoms with Crippen LogP contribution >= 0.6 is 0 Å². The van der Waals surface area contributed by atoms with Crippen molar-refractivity contribution >= 4 is 5.97 Å². The zero-order valence-corrected chi connectivity index (χ0v) is 9.87. The van der Waals surface area contributed by atoms with E-state index in [4.69, 9.17) is 4.74 Å². The van der Waals surface area contributed by atoms with Crippen molar-refractivity contribution in [1.29, 1.82) is 0 Å². The summed E-state index contributed by atoms with van der Waals surface area (Å²) in [5, 5.41) is 12.3. The van der Waals surface area contributed by atoms with Crippen molar-refractivity contribution in [3.05, 3.63) is 0 Å². The summed E-state index contributed by atoms with van der Waals surface area (Å²) in [5.74, 6) is 0.314. The van der Waals surface area contributed by atoms with Gasteiger partial charge in [-0.1, -0.05) is 12.8 Å². The van der Waals surface area contributed by atoms with Gasteiger partial charge in [-0.2, -0.15) is 0 Å². The van der Waals surface area contributed by atoms with E-state index in [-0.39, 0.29) is 5.92 Å². The maximum atomic E-state index is 11.3. The van der Waals surface area contributed by atoms with Gasteiger partial charge in [0.25, 0.3) is 0 Å². The molecule has 2 fully saturated rings. The second-order valence-electron chi connectivity index (χ2n) is 5.09. The minimum atomic E-state index is -0.844. The summed E-state index contributed by atoms with van der Waals surface area (Å²) in [6.45, 7) is 1.00. The molecule has 4 heteroatoms. The molecule has 2 N–H and O–H groups in total. The van der Waals surface area contributed by atoms with Crippen LogP contribution in [0.2, 0.25) is 0 Å². The number of aliphatic carboxylic acids is 1. The third-order valence-electron chi connectivity index (χ3n) is 3.80. The van der Waals surface area contributed by atoms with Gasteiger partial charge in [0.2, 0.25) is 0 Å². The molecule has 0 aromatic rings. The van der Waals surface area contributed by atoms with Gasteiger partial charge in [0.1, 0.15) is 5.54 Å². The van der Waals surface area contributed by atoms with Gasteiger partial charge in [0.05, 0.1) is 6.61 Å². The molecule has 0 amide bonds. The maximum Gasteiger partial charge on any atom is 0.326 e. The van der Waals surface area contributed by atoms with E-state index in [2.05, 4.69) is 5.32 Å². The van der Waals surface area contributed by atoms with Gasteiger partial charge in [-0.3, -0.25) is 4.79 Å². The summed E-state index contributed by atoms with van der Waals surface area (Å²) >= 11 is 0. The fraction of sp³-hybridized carbons (Fsp3) is 0.917. The first kappa shape index (κ1) is 11.9. The van der Waals surface area contributed by atoms with Crippen molar-refractivity contribution in [2.75, 3.05) is 20.3 Å². The van der Waals surface area contributed by atoms with Crippen LogP contribution in [0.15, 0.2) is 0 Å². The Kier molecular flexibility index (Phi) is 3.50. The fourth-order valence-electron chi connectivity index (χ4n) is 2.20. The Labute approximate surface area is 96.4 Å². The van der Waals surface area contributed by atoms with Gasteiger partial charge in [-0.05, 0) is 38.1 Å². The first-order chi connectivity index (χ1) is 7.69. The highest BCUT2D eigenvalue weighted by Crippen LogP contribution is 2.40. The molecule has 0 aliphatic heterocycles. The van der Waals surface area contributed by atoms with Gasteiger partial charge >= 0.3 is 5.97 Å². The van der Waals surface area contributed by atoms with Crippen molar-refractivity contribution in [2.45, 2.75) is 37.6 Å². The molecule has 92 valence electrons. The molecule has 2 aliphatic rings. The van der Waals surface area contributed by atoms with E-state index in [1.807, 2.05) is 0 Å². The number of rotatable bonds is 8. The largest absolute Gasteiger partial charge is 0.480 e. The van der Waals surface area contributed by atoms with Crippen LogP contribution < -0.4 is 5.32 Å². The quantitative estimate of drug-likeness (QED) is 0.613. The van der Waals surface area contributed by atoms with Crippen LogP contribution in [0, 0.1) is 11.8 Å². The highest BCUT2D eigenvalue weighted by molar-refractivity contribution is 5.80. The Bertz CT molecular complexity index is 261. The van der Waals surface area contributed by atoms with Crippen LogP contribution in [0.1, 0.15) is 32.1 Å². The van der Waals surface area contributed by atoms with Crippen LogP contribution in [0.4, 0.5) is 0 Å².